The lowest BCUT2D eigenvalue weighted by Gasteiger charge is -2.35. The molecule has 1 fully saturated rings. The SMILES string of the molecule is Cc1cccc(Cl)c1NC(=O)C(c1ccccc1)N(C(=O)C(Cc1ccc(O)cc1)NC(=O)OC(C)(C)C)C1CC1C. The molecule has 3 amide bonds. The number of hydrogen-bond acceptors (Lipinski definition) is 5. The molecule has 1 saturated carbocycles. The summed E-state index contributed by atoms with van der Waals surface area (Å²) in [6.45, 7) is 9.11. The van der Waals surface area contributed by atoms with Crippen molar-refractivity contribution < 1.29 is 24.2 Å². The lowest BCUT2D eigenvalue weighted by molar-refractivity contribution is -0.141. The largest absolute Gasteiger partial charge is 0.508 e. The number of carbonyl (C=O) groups excluding carboxylic acids is 3. The van der Waals surface area contributed by atoms with E-state index in [0.29, 0.717) is 22.7 Å². The molecule has 3 aromatic carbocycles. The molecule has 222 valence electrons. The first-order valence-corrected chi connectivity index (χ1v) is 14.4. The van der Waals surface area contributed by atoms with Gasteiger partial charge in [-0.15, -0.1) is 0 Å². The van der Waals surface area contributed by atoms with E-state index in [0.717, 1.165) is 11.1 Å². The number of alkyl carbamates (subject to hydrolysis) is 1. The number of amides is 3. The summed E-state index contributed by atoms with van der Waals surface area (Å²) in [5.74, 6) is -0.578. The standard InChI is InChI=1S/C33H38ClN3O5/c1-20-10-9-13-25(34)28(20)36-30(39)29(23-11-7-6-8-12-23)37(27-18-21(27)2)31(40)26(35-32(41)42-33(3,4)5)19-22-14-16-24(38)17-15-22/h6-17,21,26-27,29,38H,18-19H2,1-5H3,(H,35,41)(H,36,39). The van der Waals surface area contributed by atoms with E-state index in [-0.39, 0.29) is 24.1 Å². The summed E-state index contributed by atoms with van der Waals surface area (Å²) in [7, 11) is 0. The topological polar surface area (TPSA) is 108 Å². The third-order valence-electron chi connectivity index (χ3n) is 7.16. The van der Waals surface area contributed by atoms with Gasteiger partial charge >= 0.3 is 6.09 Å². The summed E-state index contributed by atoms with van der Waals surface area (Å²) in [5, 5.41) is 15.9. The fourth-order valence-electron chi connectivity index (χ4n) is 4.93. The highest BCUT2D eigenvalue weighted by molar-refractivity contribution is 6.34. The number of phenols is 1. The van der Waals surface area contributed by atoms with E-state index in [1.165, 1.54) is 12.1 Å². The molecule has 4 atom stereocenters. The minimum absolute atomic E-state index is 0.0887. The average molecular weight is 592 g/mol. The number of nitrogens with zero attached hydrogens (tertiary/aromatic N) is 1. The number of benzene rings is 3. The lowest BCUT2D eigenvalue weighted by atomic mass is 9.99. The number of rotatable bonds is 9. The van der Waals surface area contributed by atoms with Crippen molar-refractivity contribution in [2.45, 2.75) is 71.2 Å². The van der Waals surface area contributed by atoms with Gasteiger partial charge in [-0.25, -0.2) is 4.79 Å². The van der Waals surface area contributed by atoms with Gasteiger partial charge in [0.05, 0.1) is 10.7 Å². The molecule has 9 heteroatoms. The van der Waals surface area contributed by atoms with Crippen LogP contribution in [0.15, 0.2) is 72.8 Å². The maximum Gasteiger partial charge on any atom is 0.408 e. The third-order valence-corrected chi connectivity index (χ3v) is 7.47. The number of phenolic OH excluding ortho intramolecular Hbond substituents is 1. The van der Waals surface area contributed by atoms with Crippen LogP contribution in [0.1, 0.15) is 56.8 Å². The zero-order valence-corrected chi connectivity index (χ0v) is 25.3. The maximum atomic E-state index is 14.5. The molecule has 0 aliphatic heterocycles. The normalized spacial score (nSPS) is 17.5. The molecule has 0 bridgehead atoms. The number of anilines is 1. The van der Waals surface area contributed by atoms with Gasteiger partial charge in [-0.3, -0.25) is 9.59 Å². The first-order chi connectivity index (χ1) is 19.8. The Kier molecular flexibility index (Phi) is 9.46. The quantitative estimate of drug-likeness (QED) is 0.267. The monoisotopic (exact) mass is 591 g/mol. The van der Waals surface area contributed by atoms with Crippen molar-refractivity contribution in [1.29, 1.82) is 0 Å². The number of carbonyl (C=O) groups is 3. The Morgan fingerprint density at radius 1 is 1.02 bits per heavy atom. The molecule has 8 nitrogen and oxygen atoms in total. The van der Waals surface area contributed by atoms with Crippen LogP contribution in [0.5, 0.6) is 5.75 Å². The van der Waals surface area contributed by atoms with Crippen molar-refractivity contribution in [3.63, 3.8) is 0 Å². The molecule has 4 unspecified atom stereocenters. The lowest BCUT2D eigenvalue weighted by Crippen LogP contribution is -2.54. The number of ether oxygens (including phenoxy) is 1. The van der Waals surface area contributed by atoms with Gasteiger partial charge < -0.3 is 25.4 Å². The zero-order valence-electron chi connectivity index (χ0n) is 24.6. The van der Waals surface area contributed by atoms with Crippen molar-refractivity contribution in [2.24, 2.45) is 5.92 Å². The van der Waals surface area contributed by atoms with Crippen LogP contribution in [0.4, 0.5) is 10.5 Å². The first-order valence-electron chi connectivity index (χ1n) is 14.0. The molecule has 42 heavy (non-hydrogen) atoms. The number of hydrogen-bond donors (Lipinski definition) is 3. The number of aryl methyl sites for hydroxylation is 1. The number of halogens is 1. The van der Waals surface area contributed by atoms with Crippen LogP contribution < -0.4 is 10.6 Å². The van der Waals surface area contributed by atoms with Gasteiger partial charge in [0.1, 0.15) is 23.4 Å². The molecule has 1 aliphatic carbocycles. The van der Waals surface area contributed by atoms with Crippen LogP contribution in [0, 0.1) is 12.8 Å². The Bertz CT molecular complexity index is 1400. The number of para-hydroxylation sites is 1. The second-order valence-electron chi connectivity index (χ2n) is 11.8. The van der Waals surface area contributed by atoms with Crippen molar-refractivity contribution in [1.82, 2.24) is 10.2 Å². The molecule has 0 spiro atoms. The molecule has 3 N–H and O–H groups in total. The van der Waals surface area contributed by atoms with E-state index < -0.39 is 35.6 Å². The molecular formula is C33H38ClN3O5. The summed E-state index contributed by atoms with van der Waals surface area (Å²) >= 11 is 6.45. The molecule has 3 aromatic rings. The maximum absolute atomic E-state index is 14.5. The van der Waals surface area contributed by atoms with E-state index in [1.807, 2.05) is 50.2 Å². The van der Waals surface area contributed by atoms with E-state index in [9.17, 15) is 19.5 Å². The van der Waals surface area contributed by atoms with Crippen LogP contribution in [-0.4, -0.2) is 45.6 Å². The molecule has 0 saturated heterocycles. The van der Waals surface area contributed by atoms with Crippen molar-refractivity contribution >= 4 is 35.2 Å². The highest BCUT2D eigenvalue weighted by Gasteiger charge is 2.48. The Balaban J connectivity index is 1.75. The molecule has 0 aromatic heterocycles. The van der Waals surface area contributed by atoms with E-state index in [1.54, 1.807) is 49.9 Å². The first kappa shape index (κ1) is 30.9. The van der Waals surface area contributed by atoms with Crippen LogP contribution in [0.3, 0.4) is 0 Å². The van der Waals surface area contributed by atoms with Crippen LogP contribution in [-0.2, 0) is 20.7 Å². The Labute approximate surface area is 252 Å². The third kappa shape index (κ3) is 7.82. The Morgan fingerprint density at radius 3 is 2.24 bits per heavy atom. The Morgan fingerprint density at radius 2 is 1.67 bits per heavy atom. The van der Waals surface area contributed by atoms with Crippen LogP contribution >= 0.6 is 11.6 Å². The summed E-state index contributed by atoms with van der Waals surface area (Å²) in [6, 6.07) is 18.7. The molecule has 4 rings (SSSR count). The van der Waals surface area contributed by atoms with Gasteiger partial charge in [-0.1, -0.05) is 73.1 Å². The van der Waals surface area contributed by atoms with Gasteiger partial charge in [0.2, 0.25) is 5.91 Å². The molecule has 1 aliphatic rings. The number of nitrogens with one attached hydrogen (secondary N) is 2. The summed E-state index contributed by atoms with van der Waals surface area (Å²) in [4.78, 5) is 43.2. The van der Waals surface area contributed by atoms with Crippen molar-refractivity contribution in [3.8, 4) is 5.75 Å². The van der Waals surface area contributed by atoms with E-state index in [4.69, 9.17) is 16.3 Å². The van der Waals surface area contributed by atoms with Crippen LogP contribution in [0.2, 0.25) is 5.02 Å². The van der Waals surface area contributed by atoms with Crippen molar-refractivity contribution in [2.75, 3.05) is 5.32 Å². The number of aromatic hydroxyl groups is 1. The second kappa shape index (κ2) is 12.9. The molecule has 0 heterocycles. The Hall–Kier alpha value is -4.04. The van der Waals surface area contributed by atoms with Crippen molar-refractivity contribution in [3.05, 3.63) is 94.5 Å². The predicted molar refractivity (Wildman–Crippen MR) is 163 cm³/mol. The van der Waals surface area contributed by atoms with E-state index >= 15 is 0 Å². The van der Waals surface area contributed by atoms with Gasteiger partial charge in [0, 0.05) is 12.5 Å². The zero-order chi connectivity index (χ0) is 30.6. The smallest absolute Gasteiger partial charge is 0.408 e. The molecular weight excluding hydrogens is 554 g/mol. The van der Waals surface area contributed by atoms with E-state index in [2.05, 4.69) is 10.6 Å². The van der Waals surface area contributed by atoms with Crippen LogP contribution in [0.25, 0.3) is 0 Å². The summed E-state index contributed by atoms with van der Waals surface area (Å²) < 4.78 is 5.50. The predicted octanol–water partition coefficient (Wildman–Crippen LogP) is 6.41. The van der Waals surface area contributed by atoms with Gasteiger partial charge in [0.15, 0.2) is 0 Å². The fraction of sp³-hybridized carbons (Fsp3) is 0.364. The minimum Gasteiger partial charge on any atom is -0.508 e. The highest BCUT2D eigenvalue weighted by atomic mass is 35.5. The fourth-order valence-corrected chi connectivity index (χ4v) is 5.19. The highest BCUT2D eigenvalue weighted by Crippen LogP contribution is 2.41. The minimum atomic E-state index is -1.04. The van der Waals surface area contributed by atoms with Gasteiger partial charge in [-0.2, -0.15) is 0 Å². The van der Waals surface area contributed by atoms with Gasteiger partial charge in [0.25, 0.3) is 5.91 Å². The second-order valence-corrected chi connectivity index (χ2v) is 12.2. The summed E-state index contributed by atoms with van der Waals surface area (Å²) in [6.07, 6.45) is 0.102. The van der Waals surface area contributed by atoms with Gasteiger partial charge in [-0.05, 0) is 74.9 Å². The molecule has 0 radical (unpaired) electrons. The summed E-state index contributed by atoms with van der Waals surface area (Å²) in [5.41, 5.74) is 1.84. The average Bonchev–Trinajstić information content (AvgIpc) is 3.64.